The van der Waals surface area contributed by atoms with Crippen LogP contribution in [0, 0.1) is 0 Å². The number of carbonyl (C=O) groups excluding carboxylic acids is 2. The van der Waals surface area contributed by atoms with E-state index >= 15 is 0 Å². The topological polar surface area (TPSA) is 61.8 Å². The number of likely N-dealkylation sites (tertiary alicyclic amines) is 1. The van der Waals surface area contributed by atoms with Gasteiger partial charge in [0.15, 0.2) is 0 Å². The molecule has 2 heterocycles. The lowest BCUT2D eigenvalue weighted by Gasteiger charge is -2.32. The zero-order valence-corrected chi connectivity index (χ0v) is 11.2. The summed E-state index contributed by atoms with van der Waals surface area (Å²) in [5, 5.41) is 2.78. The summed E-state index contributed by atoms with van der Waals surface area (Å²) in [6, 6.07) is 9.06. The Bertz CT molecular complexity index is 547. The van der Waals surface area contributed by atoms with Gasteiger partial charge in [-0.05, 0) is 24.8 Å². The number of guanidine groups is 1. The molecule has 20 heavy (non-hydrogen) atoms. The molecule has 0 aliphatic carbocycles. The fourth-order valence-electron chi connectivity index (χ4n) is 2.69. The number of carbonyl (C=O) groups is 2. The van der Waals surface area contributed by atoms with E-state index in [2.05, 4.69) is 10.3 Å². The normalized spacial score (nSPS) is 23.3. The lowest BCUT2D eigenvalue weighted by atomic mass is 9.96. The second-order valence-electron chi connectivity index (χ2n) is 5.15. The van der Waals surface area contributed by atoms with Crippen LogP contribution in [0.5, 0.6) is 0 Å². The zero-order valence-electron chi connectivity index (χ0n) is 11.2. The standard InChI is InChI=1S/C15H17N3O2/c19-13-12(11-7-3-1-4-8-11)14(20)17-15(16-13)18-9-5-2-6-10-18/h1,3-4,7-8,12H,2,5-6,9-10H2,(H,16,17,19,20). The molecule has 5 heteroatoms. The van der Waals surface area contributed by atoms with Gasteiger partial charge in [-0.25, -0.2) is 0 Å². The van der Waals surface area contributed by atoms with Crippen molar-refractivity contribution in [3.8, 4) is 0 Å². The van der Waals surface area contributed by atoms with Crippen molar-refractivity contribution in [3.05, 3.63) is 35.9 Å². The third-order valence-corrected chi connectivity index (χ3v) is 3.75. The third kappa shape index (κ3) is 2.43. The van der Waals surface area contributed by atoms with Crippen LogP contribution in [0.2, 0.25) is 0 Å². The van der Waals surface area contributed by atoms with E-state index in [0.717, 1.165) is 25.9 Å². The SMILES string of the molecule is O=C1N=C(N2CCCCC2)NC(=O)C1c1ccccc1. The first-order valence-electron chi connectivity index (χ1n) is 6.99. The van der Waals surface area contributed by atoms with Crippen LogP contribution in [0.1, 0.15) is 30.7 Å². The van der Waals surface area contributed by atoms with E-state index in [1.807, 2.05) is 23.1 Å². The molecule has 0 spiro atoms. The fourth-order valence-corrected chi connectivity index (χ4v) is 2.69. The second-order valence-corrected chi connectivity index (χ2v) is 5.15. The van der Waals surface area contributed by atoms with E-state index in [1.54, 1.807) is 12.1 Å². The van der Waals surface area contributed by atoms with E-state index in [4.69, 9.17) is 0 Å². The Morgan fingerprint density at radius 2 is 1.75 bits per heavy atom. The third-order valence-electron chi connectivity index (χ3n) is 3.75. The van der Waals surface area contributed by atoms with Crippen LogP contribution in [0.15, 0.2) is 35.3 Å². The predicted molar refractivity (Wildman–Crippen MR) is 75.2 cm³/mol. The Kier molecular flexibility index (Phi) is 3.50. The summed E-state index contributed by atoms with van der Waals surface area (Å²) in [5.41, 5.74) is 0.691. The summed E-state index contributed by atoms with van der Waals surface area (Å²) < 4.78 is 0. The van der Waals surface area contributed by atoms with Crippen LogP contribution < -0.4 is 5.32 Å². The largest absolute Gasteiger partial charge is 0.342 e. The quantitative estimate of drug-likeness (QED) is 0.782. The number of hydrogen-bond donors (Lipinski definition) is 1. The Hall–Kier alpha value is -2.17. The zero-order chi connectivity index (χ0) is 13.9. The molecule has 1 atom stereocenters. The molecule has 1 aromatic rings. The molecule has 5 nitrogen and oxygen atoms in total. The van der Waals surface area contributed by atoms with E-state index in [0.29, 0.717) is 11.5 Å². The van der Waals surface area contributed by atoms with Crippen LogP contribution in [0.25, 0.3) is 0 Å². The molecule has 2 aliphatic heterocycles. The van der Waals surface area contributed by atoms with Crippen molar-refractivity contribution in [1.29, 1.82) is 0 Å². The van der Waals surface area contributed by atoms with E-state index in [-0.39, 0.29) is 11.8 Å². The summed E-state index contributed by atoms with van der Waals surface area (Å²) in [6.07, 6.45) is 3.34. The molecule has 0 aromatic heterocycles. The van der Waals surface area contributed by atoms with Gasteiger partial charge in [0, 0.05) is 13.1 Å². The van der Waals surface area contributed by atoms with Gasteiger partial charge in [-0.3, -0.25) is 14.9 Å². The van der Waals surface area contributed by atoms with Crippen LogP contribution in [-0.2, 0) is 9.59 Å². The molecule has 1 unspecified atom stereocenters. The average molecular weight is 271 g/mol. The molecule has 2 amide bonds. The molecule has 104 valence electrons. The van der Waals surface area contributed by atoms with Gasteiger partial charge in [0.1, 0.15) is 5.92 Å². The average Bonchev–Trinajstić information content (AvgIpc) is 2.48. The van der Waals surface area contributed by atoms with Crippen molar-refractivity contribution in [3.63, 3.8) is 0 Å². The highest BCUT2D eigenvalue weighted by Crippen LogP contribution is 2.21. The lowest BCUT2D eigenvalue weighted by molar-refractivity contribution is -0.130. The molecule has 2 aliphatic rings. The fraction of sp³-hybridized carbons (Fsp3) is 0.400. The van der Waals surface area contributed by atoms with Crippen LogP contribution in [0.3, 0.4) is 0 Å². The smallest absolute Gasteiger partial charge is 0.265 e. The molecular formula is C15H17N3O2. The van der Waals surface area contributed by atoms with Crippen LogP contribution in [-0.4, -0.2) is 35.8 Å². The second kappa shape index (κ2) is 5.45. The van der Waals surface area contributed by atoms with E-state index in [1.165, 1.54) is 6.42 Å². The molecule has 1 fully saturated rings. The lowest BCUT2D eigenvalue weighted by Crippen LogP contribution is -2.52. The summed E-state index contributed by atoms with van der Waals surface area (Å²) in [5.74, 6) is -1.05. The maximum absolute atomic E-state index is 12.2. The molecular weight excluding hydrogens is 254 g/mol. The summed E-state index contributed by atoms with van der Waals surface area (Å²) >= 11 is 0. The minimum atomic E-state index is -0.815. The van der Waals surface area contributed by atoms with Gasteiger partial charge in [0.25, 0.3) is 5.91 Å². The first-order valence-corrected chi connectivity index (χ1v) is 6.99. The molecule has 0 radical (unpaired) electrons. The van der Waals surface area contributed by atoms with Crippen molar-refractivity contribution in [2.24, 2.45) is 4.99 Å². The summed E-state index contributed by atoms with van der Waals surface area (Å²) in [4.78, 5) is 30.5. The van der Waals surface area contributed by atoms with Gasteiger partial charge >= 0.3 is 0 Å². The minimum absolute atomic E-state index is 0.281. The van der Waals surface area contributed by atoms with Crippen molar-refractivity contribution in [2.45, 2.75) is 25.2 Å². The number of piperidine rings is 1. The number of nitrogens with one attached hydrogen (secondary N) is 1. The van der Waals surface area contributed by atoms with E-state index in [9.17, 15) is 9.59 Å². The first kappa shape index (κ1) is 12.8. The maximum atomic E-state index is 12.2. The predicted octanol–water partition coefficient (Wildman–Crippen LogP) is 1.27. The number of amides is 2. The van der Waals surface area contributed by atoms with Crippen molar-refractivity contribution in [2.75, 3.05) is 13.1 Å². The molecule has 1 saturated heterocycles. The number of benzene rings is 1. The van der Waals surface area contributed by atoms with Crippen molar-refractivity contribution in [1.82, 2.24) is 10.2 Å². The van der Waals surface area contributed by atoms with Gasteiger partial charge in [0.2, 0.25) is 11.9 Å². The minimum Gasteiger partial charge on any atom is -0.342 e. The highest BCUT2D eigenvalue weighted by atomic mass is 16.2. The Balaban J connectivity index is 1.83. The van der Waals surface area contributed by atoms with Crippen LogP contribution >= 0.6 is 0 Å². The Morgan fingerprint density at radius 1 is 1.05 bits per heavy atom. The molecule has 3 rings (SSSR count). The van der Waals surface area contributed by atoms with Gasteiger partial charge in [-0.1, -0.05) is 30.3 Å². The van der Waals surface area contributed by atoms with Gasteiger partial charge in [-0.2, -0.15) is 4.99 Å². The van der Waals surface area contributed by atoms with Gasteiger partial charge in [0.05, 0.1) is 0 Å². The number of rotatable bonds is 1. The number of aliphatic imine (C=N–C) groups is 1. The summed E-state index contributed by atoms with van der Waals surface area (Å²) in [6.45, 7) is 1.70. The number of nitrogens with zero attached hydrogens (tertiary/aromatic N) is 2. The van der Waals surface area contributed by atoms with Crippen molar-refractivity contribution < 1.29 is 9.59 Å². The monoisotopic (exact) mass is 271 g/mol. The molecule has 1 N–H and O–H groups in total. The Morgan fingerprint density at radius 3 is 2.40 bits per heavy atom. The first-order chi connectivity index (χ1) is 9.75. The molecule has 1 aromatic carbocycles. The highest BCUT2D eigenvalue weighted by molar-refractivity contribution is 6.18. The highest BCUT2D eigenvalue weighted by Gasteiger charge is 2.34. The summed E-state index contributed by atoms with van der Waals surface area (Å²) in [7, 11) is 0. The van der Waals surface area contributed by atoms with Crippen LogP contribution in [0.4, 0.5) is 0 Å². The van der Waals surface area contributed by atoms with Crippen molar-refractivity contribution >= 4 is 17.8 Å². The molecule has 0 bridgehead atoms. The Labute approximate surface area is 117 Å². The maximum Gasteiger partial charge on any atom is 0.265 e. The molecule has 0 saturated carbocycles. The van der Waals surface area contributed by atoms with E-state index < -0.39 is 5.92 Å². The van der Waals surface area contributed by atoms with Gasteiger partial charge < -0.3 is 4.90 Å². The van der Waals surface area contributed by atoms with Gasteiger partial charge in [-0.15, -0.1) is 0 Å². The number of hydrogen-bond acceptors (Lipinski definition) is 3.